The normalized spacial score (nSPS) is 16.1. The van der Waals surface area contributed by atoms with Gasteiger partial charge in [0.2, 0.25) is 5.91 Å². The van der Waals surface area contributed by atoms with E-state index in [0.29, 0.717) is 0 Å². The Balaban J connectivity index is 1.28. The maximum atomic E-state index is 12.8. The van der Waals surface area contributed by atoms with Gasteiger partial charge >= 0.3 is 0 Å². The Morgan fingerprint density at radius 1 is 1.15 bits per heavy atom. The van der Waals surface area contributed by atoms with Crippen molar-refractivity contribution in [3.63, 3.8) is 0 Å². The summed E-state index contributed by atoms with van der Waals surface area (Å²) >= 11 is 0. The van der Waals surface area contributed by atoms with Gasteiger partial charge < -0.3 is 14.6 Å². The van der Waals surface area contributed by atoms with E-state index in [2.05, 4.69) is 71.2 Å². The average Bonchev–Trinajstić information content (AvgIpc) is 3.20. The zero-order valence-electron chi connectivity index (χ0n) is 20.2. The van der Waals surface area contributed by atoms with Gasteiger partial charge in [0.05, 0.1) is 7.11 Å². The minimum absolute atomic E-state index is 0.123. The van der Waals surface area contributed by atoms with Crippen LogP contribution >= 0.6 is 0 Å². The summed E-state index contributed by atoms with van der Waals surface area (Å²) in [6.45, 7) is 8.08. The van der Waals surface area contributed by atoms with Gasteiger partial charge in [-0.25, -0.2) is 0 Å². The molecule has 1 aliphatic heterocycles. The second kappa shape index (κ2) is 10.9. The molecule has 0 saturated carbocycles. The Bertz CT molecular complexity index is 1050. The van der Waals surface area contributed by atoms with Crippen molar-refractivity contribution in [3.8, 4) is 5.75 Å². The zero-order valence-corrected chi connectivity index (χ0v) is 20.2. The van der Waals surface area contributed by atoms with E-state index in [1.807, 2.05) is 12.1 Å². The third-order valence-corrected chi connectivity index (χ3v) is 6.96. The highest BCUT2D eigenvalue weighted by Gasteiger charge is 2.26. The maximum Gasteiger partial charge on any atom is 0.223 e. The van der Waals surface area contributed by atoms with Crippen LogP contribution in [0.2, 0.25) is 0 Å². The lowest BCUT2D eigenvalue weighted by Gasteiger charge is -2.31. The van der Waals surface area contributed by atoms with E-state index < -0.39 is 0 Å². The number of ether oxygens (including phenoxy) is 1. The van der Waals surface area contributed by atoms with Crippen molar-refractivity contribution in [1.82, 2.24) is 14.8 Å². The minimum atomic E-state index is 0.123. The fourth-order valence-corrected chi connectivity index (χ4v) is 4.92. The predicted molar refractivity (Wildman–Crippen MR) is 135 cm³/mol. The van der Waals surface area contributed by atoms with E-state index >= 15 is 0 Å². The van der Waals surface area contributed by atoms with Crippen LogP contribution in [-0.4, -0.2) is 41.6 Å². The number of nitrogens with one attached hydrogen (secondary N) is 1. The van der Waals surface area contributed by atoms with Crippen molar-refractivity contribution < 1.29 is 9.53 Å². The van der Waals surface area contributed by atoms with Crippen LogP contribution < -0.4 is 10.1 Å². The number of rotatable bonds is 9. The van der Waals surface area contributed by atoms with Crippen LogP contribution in [0, 0.1) is 5.92 Å². The lowest BCUT2D eigenvalue weighted by Crippen LogP contribution is -2.43. The first-order valence-electron chi connectivity index (χ1n) is 12.3. The van der Waals surface area contributed by atoms with Crippen LogP contribution in [-0.2, 0) is 24.3 Å². The molecule has 1 atom stereocenters. The van der Waals surface area contributed by atoms with Crippen molar-refractivity contribution in [2.24, 2.45) is 5.92 Å². The second-order valence-corrected chi connectivity index (χ2v) is 9.31. The number of hydrogen-bond acceptors (Lipinski definition) is 3. The molecule has 3 aromatic rings. The summed E-state index contributed by atoms with van der Waals surface area (Å²) in [5.74, 6) is 1.24. The van der Waals surface area contributed by atoms with Gasteiger partial charge in [-0.05, 0) is 81.9 Å². The van der Waals surface area contributed by atoms with Crippen LogP contribution in [0.4, 0.5) is 0 Å². The SMILES string of the molecule is CCn1cc(CN2CCC(C(=O)NC(C)CCc3ccccc3)CC2)c2cc(OC)ccc21. The van der Waals surface area contributed by atoms with Crippen LogP contribution in [0.5, 0.6) is 5.75 Å². The molecule has 5 heteroatoms. The summed E-state index contributed by atoms with van der Waals surface area (Å²) in [6, 6.07) is 17.0. The second-order valence-electron chi connectivity index (χ2n) is 9.31. The van der Waals surface area contributed by atoms with Crippen LogP contribution in [0.3, 0.4) is 0 Å². The summed E-state index contributed by atoms with van der Waals surface area (Å²) in [5.41, 5.74) is 3.92. The zero-order chi connectivity index (χ0) is 23.2. The van der Waals surface area contributed by atoms with Crippen molar-refractivity contribution in [2.45, 2.75) is 58.7 Å². The van der Waals surface area contributed by atoms with E-state index in [-0.39, 0.29) is 17.9 Å². The Hall–Kier alpha value is -2.79. The molecule has 0 radical (unpaired) electrons. The summed E-state index contributed by atoms with van der Waals surface area (Å²) in [5, 5.41) is 4.52. The van der Waals surface area contributed by atoms with E-state index in [1.54, 1.807) is 7.11 Å². The highest BCUT2D eigenvalue weighted by molar-refractivity contribution is 5.85. The molecule has 5 nitrogen and oxygen atoms in total. The topological polar surface area (TPSA) is 46.5 Å². The van der Waals surface area contributed by atoms with Gasteiger partial charge in [0, 0.05) is 42.1 Å². The maximum absolute atomic E-state index is 12.8. The molecule has 0 spiro atoms. The molecule has 1 N–H and O–H groups in total. The number of hydrogen-bond donors (Lipinski definition) is 1. The summed E-state index contributed by atoms with van der Waals surface area (Å²) in [4.78, 5) is 15.3. The molecule has 176 valence electrons. The average molecular weight is 448 g/mol. The lowest BCUT2D eigenvalue weighted by molar-refractivity contribution is -0.127. The largest absolute Gasteiger partial charge is 0.497 e. The number of carbonyl (C=O) groups excluding carboxylic acids is 1. The van der Waals surface area contributed by atoms with Gasteiger partial charge in [0.1, 0.15) is 5.75 Å². The van der Waals surface area contributed by atoms with Crippen LogP contribution in [0.1, 0.15) is 44.2 Å². The lowest BCUT2D eigenvalue weighted by atomic mass is 9.95. The van der Waals surface area contributed by atoms with Gasteiger partial charge in [-0.1, -0.05) is 30.3 Å². The smallest absolute Gasteiger partial charge is 0.223 e. The fourth-order valence-electron chi connectivity index (χ4n) is 4.92. The summed E-state index contributed by atoms with van der Waals surface area (Å²) < 4.78 is 7.76. The Morgan fingerprint density at radius 2 is 1.91 bits per heavy atom. The van der Waals surface area contributed by atoms with E-state index in [1.165, 1.54) is 22.0 Å². The van der Waals surface area contributed by atoms with Crippen LogP contribution in [0.15, 0.2) is 54.7 Å². The van der Waals surface area contributed by atoms with Gasteiger partial charge in [-0.3, -0.25) is 9.69 Å². The predicted octanol–water partition coefficient (Wildman–Crippen LogP) is 5.02. The first kappa shape index (κ1) is 23.4. The molecule has 1 amide bonds. The molecule has 2 heterocycles. The third-order valence-electron chi connectivity index (χ3n) is 6.96. The quantitative estimate of drug-likeness (QED) is 0.501. The fraction of sp³-hybridized carbons (Fsp3) is 0.464. The molecule has 1 fully saturated rings. The molecule has 1 saturated heterocycles. The van der Waals surface area contributed by atoms with E-state index in [0.717, 1.165) is 57.6 Å². The summed E-state index contributed by atoms with van der Waals surface area (Å²) in [6.07, 6.45) is 6.09. The molecule has 0 aliphatic carbocycles. The number of amides is 1. The number of benzene rings is 2. The standard InChI is InChI=1S/C28H37N3O2/c1-4-31-20-24(26-18-25(33-3)12-13-27(26)31)19-30-16-14-23(15-17-30)28(32)29-21(2)10-11-22-8-6-5-7-9-22/h5-9,12-13,18,20-21,23H,4,10-11,14-17,19H2,1-3H3,(H,29,32). The van der Waals surface area contributed by atoms with E-state index in [9.17, 15) is 4.79 Å². The van der Waals surface area contributed by atoms with Crippen molar-refractivity contribution in [1.29, 1.82) is 0 Å². The monoisotopic (exact) mass is 447 g/mol. The minimum Gasteiger partial charge on any atom is -0.497 e. The molecule has 1 unspecified atom stereocenters. The molecular formula is C28H37N3O2. The molecular weight excluding hydrogens is 410 g/mol. The van der Waals surface area contributed by atoms with Gasteiger partial charge in [0.15, 0.2) is 0 Å². The van der Waals surface area contributed by atoms with Crippen LogP contribution in [0.25, 0.3) is 10.9 Å². The number of aryl methyl sites for hydroxylation is 2. The van der Waals surface area contributed by atoms with Gasteiger partial charge in [0.25, 0.3) is 0 Å². The van der Waals surface area contributed by atoms with Gasteiger partial charge in [-0.2, -0.15) is 0 Å². The molecule has 1 aliphatic rings. The molecule has 0 bridgehead atoms. The van der Waals surface area contributed by atoms with Crippen molar-refractivity contribution >= 4 is 16.8 Å². The first-order chi connectivity index (χ1) is 16.1. The summed E-state index contributed by atoms with van der Waals surface area (Å²) in [7, 11) is 1.72. The number of likely N-dealkylation sites (tertiary alicyclic amines) is 1. The first-order valence-corrected chi connectivity index (χ1v) is 12.3. The van der Waals surface area contributed by atoms with Gasteiger partial charge in [-0.15, -0.1) is 0 Å². The number of carbonyl (C=O) groups is 1. The number of nitrogens with zero attached hydrogens (tertiary/aromatic N) is 2. The molecule has 2 aromatic carbocycles. The highest BCUT2D eigenvalue weighted by atomic mass is 16.5. The van der Waals surface area contributed by atoms with Crippen molar-refractivity contribution in [3.05, 3.63) is 65.9 Å². The highest BCUT2D eigenvalue weighted by Crippen LogP contribution is 2.28. The molecule has 33 heavy (non-hydrogen) atoms. The number of methoxy groups -OCH3 is 1. The van der Waals surface area contributed by atoms with E-state index in [4.69, 9.17) is 4.74 Å². The molecule has 1 aromatic heterocycles. The van der Waals surface area contributed by atoms with Crippen molar-refractivity contribution in [2.75, 3.05) is 20.2 Å². The Labute approximate surface area is 197 Å². The number of fused-ring (bicyclic) bond motifs is 1. The Morgan fingerprint density at radius 3 is 2.61 bits per heavy atom. The molecule has 4 rings (SSSR count). The number of piperidine rings is 1. The Kier molecular flexibility index (Phi) is 7.71. The number of aromatic nitrogens is 1. The third kappa shape index (κ3) is 5.77.